The molecule has 154 valence electrons. The molecule has 3 rings (SSSR count). The number of nitrogens with one attached hydrogen (secondary N) is 1. The highest BCUT2D eigenvalue weighted by Crippen LogP contribution is 2.21. The first-order valence-corrected chi connectivity index (χ1v) is 9.78. The van der Waals surface area contributed by atoms with Crippen LogP contribution in [0.2, 0.25) is 0 Å². The van der Waals surface area contributed by atoms with E-state index < -0.39 is 0 Å². The molecule has 1 N–H and O–H groups in total. The van der Waals surface area contributed by atoms with E-state index in [1.54, 1.807) is 29.7 Å². The molecule has 0 bridgehead atoms. The molecule has 0 aliphatic carbocycles. The molecule has 2 aromatic rings. The average Bonchev–Trinajstić information content (AvgIpc) is 2.70. The zero-order valence-corrected chi connectivity index (χ0v) is 17.4. The van der Waals surface area contributed by atoms with Gasteiger partial charge in [0.15, 0.2) is 0 Å². The second-order valence-electron chi connectivity index (χ2n) is 7.11. The van der Waals surface area contributed by atoms with Gasteiger partial charge in [0.25, 0.3) is 5.91 Å². The highest BCUT2D eigenvalue weighted by Gasteiger charge is 2.26. The Morgan fingerprint density at radius 3 is 2.41 bits per heavy atom. The molecule has 0 saturated carbocycles. The van der Waals surface area contributed by atoms with Crippen LogP contribution in [0.3, 0.4) is 0 Å². The van der Waals surface area contributed by atoms with Crippen molar-refractivity contribution in [2.24, 2.45) is 0 Å². The normalized spacial score (nSPS) is 13.9. The van der Waals surface area contributed by atoms with Crippen molar-refractivity contribution < 1.29 is 14.3 Å². The van der Waals surface area contributed by atoms with Crippen molar-refractivity contribution in [2.75, 3.05) is 38.1 Å². The molecule has 1 aromatic carbocycles. The van der Waals surface area contributed by atoms with Gasteiger partial charge in [-0.1, -0.05) is 12.1 Å². The number of nitrogens with zero attached hydrogens (tertiary/aromatic N) is 4. The number of anilines is 2. The second kappa shape index (κ2) is 8.89. The van der Waals surface area contributed by atoms with E-state index in [9.17, 15) is 9.59 Å². The maximum Gasteiger partial charge on any atom is 0.409 e. The molecule has 2 heterocycles. The monoisotopic (exact) mass is 397 g/mol. The van der Waals surface area contributed by atoms with Crippen molar-refractivity contribution in [3.8, 4) is 0 Å². The summed E-state index contributed by atoms with van der Waals surface area (Å²) in [5, 5.41) is 3.30. The standard InChI is InChI=1S/C21H27N5O3/c1-5-29-21(28)26-10-8-25(9-11-26)20(27)18-13-19(23-16(4)22-18)24-17-12-14(2)6-7-15(17)3/h6-7,12-13H,5,8-11H2,1-4H3,(H,22,23,24). The number of hydrogen-bond acceptors (Lipinski definition) is 6. The summed E-state index contributed by atoms with van der Waals surface area (Å²) in [5.74, 6) is 0.941. The lowest BCUT2D eigenvalue weighted by atomic mass is 10.1. The molecule has 1 aromatic heterocycles. The van der Waals surface area contributed by atoms with Gasteiger partial charge in [0, 0.05) is 37.9 Å². The minimum atomic E-state index is -0.336. The van der Waals surface area contributed by atoms with Gasteiger partial charge >= 0.3 is 6.09 Å². The topological polar surface area (TPSA) is 87.7 Å². The number of carbonyl (C=O) groups is 2. The Morgan fingerprint density at radius 1 is 1.03 bits per heavy atom. The third kappa shape index (κ3) is 5.01. The number of carbonyl (C=O) groups excluding carboxylic acids is 2. The van der Waals surface area contributed by atoms with E-state index in [-0.39, 0.29) is 12.0 Å². The Bertz CT molecular complexity index is 907. The van der Waals surface area contributed by atoms with E-state index in [0.717, 1.165) is 16.8 Å². The summed E-state index contributed by atoms with van der Waals surface area (Å²) < 4.78 is 5.02. The molecule has 1 aliphatic rings. The molecule has 0 radical (unpaired) electrons. The van der Waals surface area contributed by atoms with Gasteiger partial charge in [0.05, 0.1) is 6.61 Å². The Morgan fingerprint density at radius 2 is 1.72 bits per heavy atom. The van der Waals surface area contributed by atoms with Crippen LogP contribution in [-0.2, 0) is 4.74 Å². The zero-order valence-electron chi connectivity index (χ0n) is 17.4. The van der Waals surface area contributed by atoms with Crippen LogP contribution in [0.15, 0.2) is 24.3 Å². The fourth-order valence-corrected chi connectivity index (χ4v) is 3.22. The van der Waals surface area contributed by atoms with E-state index in [0.29, 0.717) is 50.1 Å². The second-order valence-corrected chi connectivity index (χ2v) is 7.11. The summed E-state index contributed by atoms with van der Waals surface area (Å²) in [6.45, 7) is 9.72. The molecule has 2 amide bonds. The first-order chi connectivity index (χ1) is 13.9. The van der Waals surface area contributed by atoms with Crippen LogP contribution < -0.4 is 5.32 Å². The van der Waals surface area contributed by atoms with E-state index in [1.807, 2.05) is 26.0 Å². The van der Waals surface area contributed by atoms with Crippen LogP contribution in [-0.4, -0.2) is 64.6 Å². The van der Waals surface area contributed by atoms with Gasteiger partial charge in [-0.3, -0.25) is 4.79 Å². The van der Waals surface area contributed by atoms with Crippen LogP contribution in [0.25, 0.3) is 0 Å². The molecule has 1 aliphatic heterocycles. The van der Waals surface area contributed by atoms with Crippen molar-refractivity contribution in [1.82, 2.24) is 19.8 Å². The molecular formula is C21H27N5O3. The molecule has 8 heteroatoms. The number of benzene rings is 1. The highest BCUT2D eigenvalue weighted by atomic mass is 16.6. The van der Waals surface area contributed by atoms with Gasteiger partial charge in [0.2, 0.25) is 0 Å². The fourth-order valence-electron chi connectivity index (χ4n) is 3.22. The largest absolute Gasteiger partial charge is 0.450 e. The summed E-state index contributed by atoms with van der Waals surface area (Å²) in [7, 11) is 0. The number of piperazine rings is 1. The quantitative estimate of drug-likeness (QED) is 0.853. The summed E-state index contributed by atoms with van der Waals surface area (Å²) >= 11 is 0. The van der Waals surface area contributed by atoms with Gasteiger partial charge in [-0.15, -0.1) is 0 Å². The lowest BCUT2D eigenvalue weighted by molar-refractivity contribution is 0.0565. The van der Waals surface area contributed by atoms with Crippen molar-refractivity contribution in [2.45, 2.75) is 27.7 Å². The van der Waals surface area contributed by atoms with Gasteiger partial charge in [-0.2, -0.15) is 0 Å². The lowest BCUT2D eigenvalue weighted by Gasteiger charge is -2.33. The van der Waals surface area contributed by atoms with E-state index in [1.165, 1.54) is 0 Å². The predicted octanol–water partition coefficient (Wildman–Crippen LogP) is 3.06. The Balaban J connectivity index is 1.72. The first-order valence-electron chi connectivity index (χ1n) is 9.78. The maximum absolute atomic E-state index is 13.0. The highest BCUT2D eigenvalue weighted by molar-refractivity contribution is 5.93. The molecule has 29 heavy (non-hydrogen) atoms. The SMILES string of the molecule is CCOC(=O)N1CCN(C(=O)c2cc(Nc3cc(C)ccc3C)nc(C)n2)CC1. The van der Waals surface area contributed by atoms with Gasteiger partial charge in [0.1, 0.15) is 17.3 Å². The van der Waals surface area contributed by atoms with E-state index in [2.05, 4.69) is 21.4 Å². The lowest BCUT2D eigenvalue weighted by Crippen LogP contribution is -2.50. The summed E-state index contributed by atoms with van der Waals surface area (Å²) in [4.78, 5) is 36.9. The minimum Gasteiger partial charge on any atom is -0.450 e. The first kappa shape index (κ1) is 20.6. The van der Waals surface area contributed by atoms with Crippen LogP contribution >= 0.6 is 0 Å². The number of aryl methyl sites for hydroxylation is 3. The molecule has 0 spiro atoms. The van der Waals surface area contributed by atoms with Crippen LogP contribution in [0.5, 0.6) is 0 Å². The minimum absolute atomic E-state index is 0.164. The maximum atomic E-state index is 13.0. The molecule has 0 unspecified atom stereocenters. The van der Waals surface area contributed by atoms with Crippen molar-refractivity contribution in [3.05, 3.63) is 46.9 Å². The smallest absolute Gasteiger partial charge is 0.409 e. The number of ether oxygens (including phenoxy) is 1. The third-order valence-corrected chi connectivity index (χ3v) is 4.81. The third-order valence-electron chi connectivity index (χ3n) is 4.81. The number of hydrogen-bond donors (Lipinski definition) is 1. The van der Waals surface area contributed by atoms with E-state index in [4.69, 9.17) is 4.74 Å². The van der Waals surface area contributed by atoms with Crippen LogP contribution in [0.1, 0.15) is 34.4 Å². The van der Waals surface area contributed by atoms with Crippen molar-refractivity contribution in [1.29, 1.82) is 0 Å². The number of aromatic nitrogens is 2. The van der Waals surface area contributed by atoms with E-state index >= 15 is 0 Å². The molecular weight excluding hydrogens is 370 g/mol. The Kier molecular flexibility index (Phi) is 6.31. The number of rotatable bonds is 4. The molecule has 8 nitrogen and oxygen atoms in total. The Hall–Kier alpha value is -3.16. The Labute approximate surface area is 170 Å². The van der Waals surface area contributed by atoms with Crippen LogP contribution in [0, 0.1) is 20.8 Å². The predicted molar refractivity (Wildman–Crippen MR) is 110 cm³/mol. The van der Waals surface area contributed by atoms with Gasteiger partial charge < -0.3 is 19.9 Å². The molecule has 1 saturated heterocycles. The van der Waals surface area contributed by atoms with Crippen molar-refractivity contribution in [3.63, 3.8) is 0 Å². The summed E-state index contributed by atoms with van der Waals surface area (Å²) in [5.41, 5.74) is 3.52. The van der Waals surface area contributed by atoms with Gasteiger partial charge in [-0.25, -0.2) is 14.8 Å². The fraction of sp³-hybridized carbons (Fsp3) is 0.429. The summed E-state index contributed by atoms with van der Waals surface area (Å²) in [6.07, 6.45) is -0.336. The zero-order chi connectivity index (χ0) is 21.0. The number of amides is 2. The van der Waals surface area contributed by atoms with Crippen molar-refractivity contribution >= 4 is 23.5 Å². The molecule has 1 fully saturated rings. The average molecular weight is 397 g/mol. The molecule has 0 atom stereocenters. The van der Waals surface area contributed by atoms with Gasteiger partial charge in [-0.05, 0) is 44.9 Å². The summed E-state index contributed by atoms with van der Waals surface area (Å²) in [6, 6.07) is 7.81. The van der Waals surface area contributed by atoms with Crippen LogP contribution in [0.4, 0.5) is 16.3 Å².